The Morgan fingerprint density at radius 2 is 1.91 bits per heavy atom. The number of hydrogen-bond donors (Lipinski definition) is 2. The molecule has 5 nitrogen and oxygen atoms in total. The summed E-state index contributed by atoms with van der Waals surface area (Å²) in [6.07, 6.45) is 2.35. The second kappa shape index (κ2) is 5.91. The number of primary amides is 1. The maximum Gasteiger partial charge on any atom is 0.246 e. The van der Waals surface area contributed by atoms with Crippen molar-refractivity contribution < 1.29 is 9.90 Å². The van der Waals surface area contributed by atoms with E-state index in [1.807, 2.05) is 42.5 Å². The lowest BCUT2D eigenvalue weighted by atomic mass is 10.00. The first-order valence-electron chi connectivity index (χ1n) is 6.91. The van der Waals surface area contributed by atoms with Gasteiger partial charge in [0.1, 0.15) is 6.10 Å². The van der Waals surface area contributed by atoms with E-state index in [4.69, 9.17) is 5.73 Å². The summed E-state index contributed by atoms with van der Waals surface area (Å²) in [6, 6.07) is 13.2. The van der Waals surface area contributed by atoms with Crippen molar-refractivity contribution in [3.63, 3.8) is 0 Å². The number of rotatable bonds is 4. The average Bonchev–Trinajstić information content (AvgIpc) is 2.55. The van der Waals surface area contributed by atoms with Gasteiger partial charge in [0.05, 0.1) is 11.2 Å². The molecule has 2 aromatic heterocycles. The second-order valence-corrected chi connectivity index (χ2v) is 5.04. The molecule has 0 radical (unpaired) electrons. The number of nitrogens with zero attached hydrogens (tertiary/aromatic N) is 2. The van der Waals surface area contributed by atoms with E-state index < -0.39 is 12.0 Å². The van der Waals surface area contributed by atoms with Gasteiger partial charge >= 0.3 is 0 Å². The number of pyridine rings is 2. The first kappa shape index (κ1) is 14.2. The van der Waals surface area contributed by atoms with E-state index >= 15 is 0 Å². The molecule has 1 unspecified atom stereocenters. The van der Waals surface area contributed by atoms with Crippen LogP contribution in [0.25, 0.3) is 22.2 Å². The minimum atomic E-state index is -1.21. The highest BCUT2D eigenvalue weighted by molar-refractivity contribution is 5.86. The number of carbonyl (C=O) groups is 1. The number of aromatic nitrogens is 2. The number of aliphatic hydroxyl groups is 1. The van der Waals surface area contributed by atoms with Crippen LogP contribution >= 0.6 is 0 Å². The summed E-state index contributed by atoms with van der Waals surface area (Å²) >= 11 is 0. The van der Waals surface area contributed by atoms with Crippen molar-refractivity contribution in [3.05, 3.63) is 60.4 Å². The van der Waals surface area contributed by atoms with E-state index in [1.165, 1.54) is 0 Å². The molecule has 0 saturated heterocycles. The van der Waals surface area contributed by atoms with Gasteiger partial charge in [-0.2, -0.15) is 0 Å². The Hall–Kier alpha value is -2.79. The maximum atomic E-state index is 11.1. The number of carbonyl (C=O) groups excluding carboxylic acids is 1. The SMILES string of the molecule is NC(=O)C(O)Cc1cc(-c2ccncc2)nc2ccccc12. The zero-order valence-electron chi connectivity index (χ0n) is 11.8. The maximum absolute atomic E-state index is 11.1. The number of amides is 1. The first-order chi connectivity index (χ1) is 10.6. The Labute approximate surface area is 127 Å². The predicted molar refractivity (Wildman–Crippen MR) is 83.9 cm³/mol. The van der Waals surface area contributed by atoms with Crippen LogP contribution in [0.2, 0.25) is 0 Å². The van der Waals surface area contributed by atoms with Crippen LogP contribution < -0.4 is 5.73 Å². The fraction of sp³-hybridized carbons (Fsp3) is 0.118. The lowest BCUT2D eigenvalue weighted by Gasteiger charge is -2.12. The van der Waals surface area contributed by atoms with Crippen molar-refractivity contribution in [2.45, 2.75) is 12.5 Å². The number of para-hydroxylation sites is 1. The lowest BCUT2D eigenvalue weighted by Crippen LogP contribution is -2.30. The Kier molecular flexibility index (Phi) is 3.80. The third-order valence-electron chi connectivity index (χ3n) is 3.52. The van der Waals surface area contributed by atoms with Crippen molar-refractivity contribution in [2.75, 3.05) is 0 Å². The molecule has 0 fully saturated rings. The van der Waals surface area contributed by atoms with Crippen LogP contribution in [0.3, 0.4) is 0 Å². The number of nitrogens with two attached hydrogens (primary N) is 1. The molecule has 0 spiro atoms. The first-order valence-corrected chi connectivity index (χ1v) is 6.91. The number of hydrogen-bond acceptors (Lipinski definition) is 4. The van der Waals surface area contributed by atoms with Gasteiger partial charge in [-0.3, -0.25) is 9.78 Å². The zero-order chi connectivity index (χ0) is 15.5. The molecule has 0 aliphatic rings. The summed E-state index contributed by atoms with van der Waals surface area (Å²) in [5, 5.41) is 10.7. The van der Waals surface area contributed by atoms with Gasteiger partial charge in [0.15, 0.2) is 0 Å². The minimum Gasteiger partial charge on any atom is -0.383 e. The third kappa shape index (κ3) is 2.80. The molecular weight excluding hydrogens is 278 g/mol. The van der Waals surface area contributed by atoms with Gasteiger partial charge in [-0.15, -0.1) is 0 Å². The molecule has 5 heteroatoms. The Morgan fingerprint density at radius 1 is 1.18 bits per heavy atom. The molecular formula is C17H15N3O2. The molecule has 22 heavy (non-hydrogen) atoms. The number of benzene rings is 1. The van der Waals surface area contributed by atoms with Gasteiger partial charge in [0.2, 0.25) is 5.91 Å². The second-order valence-electron chi connectivity index (χ2n) is 5.04. The van der Waals surface area contributed by atoms with Crippen LogP contribution in [0.15, 0.2) is 54.9 Å². The summed E-state index contributed by atoms with van der Waals surface area (Å²) in [4.78, 5) is 19.8. The largest absolute Gasteiger partial charge is 0.383 e. The molecule has 0 bridgehead atoms. The topological polar surface area (TPSA) is 89.1 Å². The fourth-order valence-electron chi connectivity index (χ4n) is 2.40. The summed E-state index contributed by atoms with van der Waals surface area (Å²) in [7, 11) is 0. The minimum absolute atomic E-state index is 0.163. The van der Waals surface area contributed by atoms with Crippen LogP contribution in [0.4, 0.5) is 0 Å². The number of fused-ring (bicyclic) bond motifs is 1. The van der Waals surface area contributed by atoms with Gasteiger partial charge in [-0.25, -0.2) is 4.98 Å². The normalized spacial score (nSPS) is 12.2. The summed E-state index contributed by atoms with van der Waals surface area (Å²) < 4.78 is 0. The van der Waals surface area contributed by atoms with Crippen LogP contribution in [0, 0.1) is 0 Å². The molecule has 1 amide bonds. The van der Waals surface area contributed by atoms with Crippen molar-refractivity contribution in [1.29, 1.82) is 0 Å². The van der Waals surface area contributed by atoms with Gasteiger partial charge in [0, 0.05) is 29.8 Å². The van der Waals surface area contributed by atoms with Crippen LogP contribution in [0.1, 0.15) is 5.56 Å². The molecule has 1 aromatic carbocycles. The molecule has 0 aliphatic heterocycles. The molecule has 2 heterocycles. The molecule has 110 valence electrons. The monoisotopic (exact) mass is 293 g/mol. The van der Waals surface area contributed by atoms with Gasteiger partial charge < -0.3 is 10.8 Å². The van der Waals surface area contributed by atoms with E-state index in [9.17, 15) is 9.90 Å². The molecule has 3 aromatic rings. The summed E-state index contributed by atoms with van der Waals surface area (Å²) in [6.45, 7) is 0. The zero-order valence-corrected chi connectivity index (χ0v) is 11.8. The highest BCUT2D eigenvalue weighted by atomic mass is 16.3. The van der Waals surface area contributed by atoms with Crippen LogP contribution in [0.5, 0.6) is 0 Å². The fourth-order valence-corrected chi connectivity index (χ4v) is 2.40. The predicted octanol–water partition coefficient (Wildman–Crippen LogP) is 1.69. The molecule has 0 aliphatic carbocycles. The Balaban J connectivity index is 2.14. The van der Waals surface area contributed by atoms with Crippen LogP contribution in [-0.2, 0) is 11.2 Å². The van der Waals surface area contributed by atoms with Gasteiger partial charge in [0.25, 0.3) is 0 Å². The standard InChI is InChI=1S/C17H15N3O2/c18-17(22)16(21)10-12-9-15(11-5-7-19-8-6-11)20-14-4-2-1-3-13(12)14/h1-9,16,21H,10H2,(H2,18,22). The van der Waals surface area contributed by atoms with Gasteiger partial charge in [-0.05, 0) is 29.8 Å². The highest BCUT2D eigenvalue weighted by Crippen LogP contribution is 2.25. The molecule has 1 atom stereocenters. The van der Waals surface area contributed by atoms with E-state index in [-0.39, 0.29) is 6.42 Å². The molecule has 3 rings (SSSR count). The van der Waals surface area contributed by atoms with Crippen molar-refractivity contribution in [2.24, 2.45) is 5.73 Å². The van der Waals surface area contributed by atoms with Crippen molar-refractivity contribution in [3.8, 4) is 11.3 Å². The van der Waals surface area contributed by atoms with E-state index in [0.29, 0.717) is 0 Å². The van der Waals surface area contributed by atoms with Crippen molar-refractivity contribution >= 4 is 16.8 Å². The van der Waals surface area contributed by atoms with E-state index in [1.54, 1.807) is 12.4 Å². The smallest absolute Gasteiger partial charge is 0.246 e. The summed E-state index contributed by atoms with van der Waals surface area (Å²) in [5.41, 5.74) is 8.51. The van der Waals surface area contributed by atoms with E-state index in [0.717, 1.165) is 27.7 Å². The average molecular weight is 293 g/mol. The Bertz CT molecular complexity index is 819. The van der Waals surface area contributed by atoms with Gasteiger partial charge in [-0.1, -0.05) is 18.2 Å². The third-order valence-corrected chi connectivity index (χ3v) is 3.52. The highest BCUT2D eigenvalue weighted by Gasteiger charge is 2.15. The number of aliphatic hydroxyl groups excluding tert-OH is 1. The molecule has 0 saturated carbocycles. The summed E-state index contributed by atoms with van der Waals surface area (Å²) in [5.74, 6) is -0.730. The lowest BCUT2D eigenvalue weighted by molar-refractivity contribution is -0.125. The van der Waals surface area contributed by atoms with E-state index in [2.05, 4.69) is 9.97 Å². The quantitative estimate of drug-likeness (QED) is 0.766. The van der Waals surface area contributed by atoms with Crippen molar-refractivity contribution in [1.82, 2.24) is 9.97 Å². The van der Waals surface area contributed by atoms with Crippen LogP contribution in [-0.4, -0.2) is 27.1 Å². The molecule has 3 N–H and O–H groups in total. The Morgan fingerprint density at radius 3 is 2.64 bits per heavy atom.